The number of halogens is 6. The van der Waals surface area contributed by atoms with Crippen molar-refractivity contribution >= 4 is 17.9 Å². The summed E-state index contributed by atoms with van der Waals surface area (Å²) in [5.74, 6) is 1.14. The van der Waals surface area contributed by atoms with Crippen LogP contribution >= 0.6 is 0 Å². The number of hydrogen-bond donors (Lipinski definition) is 1. The van der Waals surface area contributed by atoms with E-state index in [1.807, 2.05) is 50.3 Å². The van der Waals surface area contributed by atoms with E-state index in [2.05, 4.69) is 26.0 Å². The van der Waals surface area contributed by atoms with Gasteiger partial charge >= 0.3 is 24.4 Å². The largest absolute Gasteiger partial charge is 0.496 e. The molecule has 0 radical (unpaired) electrons. The third-order valence-corrected chi connectivity index (χ3v) is 9.29. The number of carboxylic acid groups (broad SMARTS) is 1. The van der Waals surface area contributed by atoms with Crippen molar-refractivity contribution in [3.8, 4) is 28.0 Å². The summed E-state index contributed by atoms with van der Waals surface area (Å²) in [6, 6.07) is 14.2. The van der Waals surface area contributed by atoms with Crippen molar-refractivity contribution in [3.05, 3.63) is 100 Å². The molecule has 0 spiro atoms. The first-order chi connectivity index (χ1) is 24.8. The molecule has 1 aromatic heterocycles. The lowest BCUT2D eigenvalue weighted by Crippen LogP contribution is -2.27. The van der Waals surface area contributed by atoms with Crippen molar-refractivity contribution in [2.75, 3.05) is 32.6 Å². The highest BCUT2D eigenvalue weighted by molar-refractivity contribution is 5.89. The van der Waals surface area contributed by atoms with Crippen molar-refractivity contribution in [1.82, 2.24) is 9.88 Å². The Morgan fingerprint density at radius 3 is 2.15 bits per heavy atom. The summed E-state index contributed by atoms with van der Waals surface area (Å²) in [6.07, 6.45) is -8.67. The van der Waals surface area contributed by atoms with Crippen LogP contribution in [0.3, 0.4) is 0 Å². The number of pyridine rings is 1. The second-order valence-corrected chi connectivity index (χ2v) is 13.5. The van der Waals surface area contributed by atoms with E-state index in [1.165, 1.54) is 10.5 Å². The fourth-order valence-corrected chi connectivity index (χ4v) is 6.66. The Morgan fingerprint density at radius 1 is 0.943 bits per heavy atom. The number of rotatable bonds is 7. The highest BCUT2D eigenvalue weighted by Gasteiger charge is 2.47. The van der Waals surface area contributed by atoms with Crippen LogP contribution in [0.15, 0.2) is 66.9 Å². The van der Waals surface area contributed by atoms with Crippen molar-refractivity contribution in [3.63, 3.8) is 0 Å². The maximum Gasteiger partial charge on any atom is 0.416 e. The van der Waals surface area contributed by atoms with Gasteiger partial charge in [0.25, 0.3) is 0 Å². The van der Waals surface area contributed by atoms with Crippen LogP contribution in [-0.2, 0) is 17.1 Å². The summed E-state index contributed by atoms with van der Waals surface area (Å²) in [6.45, 7) is 6.64. The molecule has 2 atom stereocenters. The summed E-state index contributed by atoms with van der Waals surface area (Å²) in [4.78, 5) is 31.0. The monoisotopic (exact) mass is 743 g/mol. The number of alkyl halides is 6. The van der Waals surface area contributed by atoms with Gasteiger partial charge in [0.05, 0.1) is 29.8 Å². The zero-order valence-electron chi connectivity index (χ0n) is 29.9. The Morgan fingerprint density at radius 2 is 1.60 bits per heavy atom. The van der Waals surface area contributed by atoms with E-state index in [0.717, 1.165) is 39.4 Å². The molecule has 2 aliphatic heterocycles. The lowest BCUT2D eigenvalue weighted by Gasteiger charge is -2.20. The standard InChI is InChI=1S/C25H28N2O3.C14H11F6NO2/c1-15(2)21-13-19(14-26-24(21)27(4)5)22-12-17(8-10-23(22)30-6)20-9-7-18(25(28)29)11-16(20)3;15-13(16,17)8-4-7(5-9(6-8)14(18,19)20)11-10-2-1-3-21(10)12(22)23-11/h7-15H,1-6H3,(H,28,29);4-6,10-11H,1-3H2. The Kier molecular flexibility index (Phi) is 11.0. The molecule has 8 nitrogen and oxygen atoms in total. The fourth-order valence-electron chi connectivity index (χ4n) is 6.66. The molecule has 53 heavy (non-hydrogen) atoms. The van der Waals surface area contributed by atoms with Crippen molar-refractivity contribution in [2.45, 2.75) is 64.0 Å². The van der Waals surface area contributed by atoms with E-state index < -0.39 is 47.7 Å². The number of aromatic nitrogens is 1. The van der Waals surface area contributed by atoms with Crippen molar-refractivity contribution in [2.24, 2.45) is 0 Å². The van der Waals surface area contributed by atoms with Crippen LogP contribution in [0.1, 0.15) is 76.9 Å². The summed E-state index contributed by atoms with van der Waals surface area (Å²) in [7, 11) is 5.66. The lowest BCUT2D eigenvalue weighted by atomic mass is 9.93. The van der Waals surface area contributed by atoms with Crippen LogP contribution in [0.4, 0.5) is 37.0 Å². The molecule has 2 unspecified atom stereocenters. The van der Waals surface area contributed by atoms with Gasteiger partial charge in [-0.05, 0) is 102 Å². The van der Waals surface area contributed by atoms with E-state index >= 15 is 0 Å². The molecule has 282 valence electrons. The number of anilines is 1. The zero-order chi connectivity index (χ0) is 39.0. The summed E-state index contributed by atoms with van der Waals surface area (Å²) < 4.78 is 87.9. The van der Waals surface area contributed by atoms with Gasteiger partial charge in [-0.25, -0.2) is 14.6 Å². The van der Waals surface area contributed by atoms with Crippen LogP contribution in [0.5, 0.6) is 5.75 Å². The summed E-state index contributed by atoms with van der Waals surface area (Å²) in [5.41, 5.74) is 3.21. The van der Waals surface area contributed by atoms with Crippen molar-refractivity contribution < 1.29 is 50.5 Å². The van der Waals surface area contributed by atoms with E-state index in [9.17, 15) is 41.0 Å². The topological polar surface area (TPSA) is 92.2 Å². The number of carbonyl (C=O) groups is 2. The minimum Gasteiger partial charge on any atom is -0.496 e. The number of amides is 1. The third kappa shape index (κ3) is 8.36. The minimum absolute atomic E-state index is 0.0622. The second-order valence-electron chi connectivity index (χ2n) is 13.5. The Bertz CT molecular complexity index is 1980. The van der Waals surface area contributed by atoms with Gasteiger partial charge in [-0.3, -0.25) is 0 Å². The Labute approximate surface area is 303 Å². The van der Waals surface area contributed by atoms with Crippen LogP contribution in [0.2, 0.25) is 0 Å². The molecule has 2 fully saturated rings. The number of hydrogen-bond acceptors (Lipinski definition) is 6. The molecule has 3 heterocycles. The number of carboxylic acids is 1. The van der Waals surface area contributed by atoms with Crippen LogP contribution in [-0.4, -0.2) is 60.8 Å². The average Bonchev–Trinajstić information content (AvgIpc) is 3.71. The predicted octanol–water partition coefficient (Wildman–Crippen LogP) is 10.0. The molecule has 1 amide bonds. The smallest absolute Gasteiger partial charge is 0.416 e. The maximum atomic E-state index is 12.9. The molecule has 14 heteroatoms. The van der Waals surface area contributed by atoms with E-state index in [0.29, 0.717) is 37.4 Å². The van der Waals surface area contributed by atoms with Crippen LogP contribution < -0.4 is 9.64 Å². The molecule has 0 bridgehead atoms. The predicted molar refractivity (Wildman–Crippen MR) is 187 cm³/mol. The van der Waals surface area contributed by atoms with E-state index in [1.54, 1.807) is 19.2 Å². The third-order valence-electron chi connectivity index (χ3n) is 9.29. The number of carbonyl (C=O) groups excluding carboxylic acids is 1. The van der Waals surface area contributed by atoms with Gasteiger partial charge in [-0.1, -0.05) is 26.0 Å². The molecular weight excluding hydrogens is 704 g/mol. The molecule has 2 aliphatic rings. The molecule has 1 N–H and O–H groups in total. The van der Waals surface area contributed by atoms with Crippen LogP contribution in [0, 0.1) is 6.92 Å². The molecule has 6 rings (SSSR count). The normalized spacial score (nSPS) is 16.9. The number of ether oxygens (including phenoxy) is 2. The van der Waals surface area contributed by atoms with Crippen LogP contribution in [0.25, 0.3) is 22.3 Å². The molecule has 0 aliphatic carbocycles. The molecule has 0 saturated carbocycles. The van der Waals surface area contributed by atoms with Gasteiger partial charge in [0.1, 0.15) is 17.7 Å². The fraction of sp³-hybridized carbons (Fsp3) is 0.359. The number of benzene rings is 3. The van der Waals surface area contributed by atoms with Gasteiger partial charge in [-0.2, -0.15) is 26.3 Å². The number of aromatic carboxylic acids is 1. The Balaban J connectivity index is 0.000000211. The van der Waals surface area contributed by atoms with E-state index in [4.69, 9.17) is 14.5 Å². The maximum absolute atomic E-state index is 12.9. The minimum atomic E-state index is -4.92. The molecule has 4 aromatic rings. The number of methoxy groups -OCH3 is 1. The molecule has 3 aromatic carbocycles. The number of cyclic esters (lactones) is 1. The van der Waals surface area contributed by atoms with Gasteiger partial charge in [0, 0.05) is 38.0 Å². The van der Waals surface area contributed by atoms with Gasteiger partial charge < -0.3 is 24.4 Å². The average molecular weight is 744 g/mol. The highest BCUT2D eigenvalue weighted by Crippen LogP contribution is 2.43. The van der Waals surface area contributed by atoms with Gasteiger partial charge in [-0.15, -0.1) is 0 Å². The first-order valence-corrected chi connectivity index (χ1v) is 16.8. The summed E-state index contributed by atoms with van der Waals surface area (Å²) in [5, 5.41) is 9.24. The van der Waals surface area contributed by atoms with Crippen molar-refractivity contribution in [1.29, 1.82) is 0 Å². The van der Waals surface area contributed by atoms with E-state index in [-0.39, 0.29) is 17.2 Å². The lowest BCUT2D eigenvalue weighted by molar-refractivity contribution is -0.143. The number of nitrogens with zero attached hydrogens (tertiary/aromatic N) is 3. The first kappa shape index (κ1) is 38.9. The number of aryl methyl sites for hydroxylation is 1. The molecular formula is C39H39F6N3O5. The van der Waals surface area contributed by atoms with Gasteiger partial charge in [0.15, 0.2) is 0 Å². The SMILES string of the molecule is COc1ccc(-c2ccc(C(=O)O)cc2C)cc1-c1cnc(N(C)C)c(C(C)C)c1.O=C1OC(c2cc(C(F)(F)F)cc(C(F)(F)F)c2)C2CCCN12. The van der Waals surface area contributed by atoms with Gasteiger partial charge in [0.2, 0.25) is 0 Å². The first-order valence-electron chi connectivity index (χ1n) is 16.8. The Hall–Kier alpha value is -5.27. The quantitative estimate of drug-likeness (QED) is 0.189. The summed E-state index contributed by atoms with van der Waals surface area (Å²) >= 11 is 0. The highest BCUT2D eigenvalue weighted by atomic mass is 19.4. The second kappa shape index (κ2) is 15.0. The number of fused-ring (bicyclic) bond motifs is 1. The zero-order valence-corrected chi connectivity index (χ0v) is 29.9. The molecule has 2 saturated heterocycles.